The van der Waals surface area contributed by atoms with E-state index in [0.717, 1.165) is 48.5 Å². The van der Waals surface area contributed by atoms with Gasteiger partial charge in [-0.3, -0.25) is 4.79 Å². The second kappa shape index (κ2) is 11.7. The van der Waals surface area contributed by atoms with Crippen LogP contribution >= 0.6 is 11.6 Å². The van der Waals surface area contributed by atoms with Crippen molar-refractivity contribution in [2.24, 2.45) is 0 Å². The van der Waals surface area contributed by atoms with Gasteiger partial charge in [-0.25, -0.2) is 9.97 Å². The van der Waals surface area contributed by atoms with E-state index in [1.54, 1.807) is 18.2 Å². The maximum Gasteiger partial charge on any atom is 0.262 e. The van der Waals surface area contributed by atoms with Gasteiger partial charge in [0.25, 0.3) is 5.91 Å². The molecule has 0 saturated carbocycles. The van der Waals surface area contributed by atoms with Gasteiger partial charge in [0.15, 0.2) is 6.61 Å². The van der Waals surface area contributed by atoms with E-state index in [1.807, 2.05) is 39.0 Å². The van der Waals surface area contributed by atoms with Crippen LogP contribution in [0.15, 0.2) is 36.4 Å². The lowest BCUT2D eigenvalue weighted by Gasteiger charge is -2.36. The molecule has 38 heavy (non-hydrogen) atoms. The SMILES string of the molecule is Cc1nc(N2CCC(N3CCCC3)CC2)nc2ccc(NC(=O)COc3ccc(OC(C)C)cc3Cl)cc12. The molecule has 202 valence electrons. The lowest BCUT2D eigenvalue weighted by Crippen LogP contribution is -2.44. The molecule has 2 fully saturated rings. The Morgan fingerprint density at radius 1 is 1.08 bits per heavy atom. The Hall–Kier alpha value is -3.10. The van der Waals surface area contributed by atoms with Gasteiger partial charge in [-0.1, -0.05) is 11.6 Å². The summed E-state index contributed by atoms with van der Waals surface area (Å²) in [5.74, 6) is 1.60. The number of piperidine rings is 1. The van der Waals surface area contributed by atoms with Crippen LogP contribution in [0.3, 0.4) is 0 Å². The van der Waals surface area contributed by atoms with Gasteiger partial charge in [-0.05, 0) is 89.9 Å². The Balaban J connectivity index is 1.19. The number of nitrogens with zero attached hydrogens (tertiary/aromatic N) is 4. The molecule has 9 heteroatoms. The third-order valence-electron chi connectivity index (χ3n) is 7.20. The normalized spacial score (nSPS) is 16.8. The van der Waals surface area contributed by atoms with Crippen molar-refractivity contribution in [2.75, 3.05) is 43.0 Å². The smallest absolute Gasteiger partial charge is 0.262 e. The number of amides is 1. The number of carbonyl (C=O) groups is 1. The Morgan fingerprint density at radius 3 is 2.55 bits per heavy atom. The van der Waals surface area contributed by atoms with Crippen LogP contribution in [0.25, 0.3) is 10.9 Å². The summed E-state index contributed by atoms with van der Waals surface area (Å²) < 4.78 is 11.3. The number of rotatable bonds is 8. The van der Waals surface area contributed by atoms with Crippen LogP contribution in [0.4, 0.5) is 11.6 Å². The largest absolute Gasteiger partial charge is 0.491 e. The minimum Gasteiger partial charge on any atom is -0.491 e. The molecule has 2 aliphatic heterocycles. The number of ether oxygens (including phenoxy) is 2. The first-order chi connectivity index (χ1) is 18.4. The fourth-order valence-corrected chi connectivity index (χ4v) is 5.53. The van der Waals surface area contributed by atoms with Crippen LogP contribution in [-0.2, 0) is 4.79 Å². The number of aryl methyl sites for hydroxylation is 1. The highest BCUT2D eigenvalue weighted by atomic mass is 35.5. The van der Waals surface area contributed by atoms with E-state index in [-0.39, 0.29) is 18.6 Å². The average Bonchev–Trinajstić information content (AvgIpc) is 3.43. The Bertz CT molecular complexity index is 1290. The highest BCUT2D eigenvalue weighted by Crippen LogP contribution is 2.30. The molecule has 8 nitrogen and oxygen atoms in total. The third kappa shape index (κ3) is 6.30. The molecule has 2 aliphatic rings. The fourth-order valence-electron chi connectivity index (χ4n) is 5.31. The van der Waals surface area contributed by atoms with Crippen molar-refractivity contribution in [3.8, 4) is 11.5 Å². The van der Waals surface area contributed by atoms with E-state index < -0.39 is 0 Å². The summed E-state index contributed by atoms with van der Waals surface area (Å²) in [5.41, 5.74) is 2.44. The molecule has 0 bridgehead atoms. The maximum atomic E-state index is 12.6. The van der Waals surface area contributed by atoms with Gasteiger partial charge in [-0.2, -0.15) is 0 Å². The van der Waals surface area contributed by atoms with E-state index in [1.165, 1.54) is 25.9 Å². The number of fused-ring (bicyclic) bond motifs is 1. The Morgan fingerprint density at radius 2 is 1.84 bits per heavy atom. The molecule has 1 aromatic heterocycles. The Kier molecular flexibility index (Phi) is 8.19. The average molecular weight is 538 g/mol. The monoisotopic (exact) mass is 537 g/mol. The minimum absolute atomic E-state index is 0.0448. The van der Waals surface area contributed by atoms with Crippen molar-refractivity contribution in [1.29, 1.82) is 0 Å². The van der Waals surface area contributed by atoms with E-state index in [2.05, 4.69) is 15.1 Å². The predicted molar refractivity (Wildman–Crippen MR) is 152 cm³/mol. The molecule has 2 aromatic carbocycles. The number of likely N-dealkylation sites (tertiary alicyclic amines) is 1. The molecular weight excluding hydrogens is 502 g/mol. The molecule has 0 spiro atoms. The van der Waals surface area contributed by atoms with Crippen LogP contribution in [0.2, 0.25) is 5.02 Å². The summed E-state index contributed by atoms with van der Waals surface area (Å²) in [5, 5.41) is 4.21. The van der Waals surface area contributed by atoms with Crippen molar-refractivity contribution in [3.63, 3.8) is 0 Å². The number of hydrogen-bond donors (Lipinski definition) is 1. The second-order valence-electron chi connectivity index (χ2n) is 10.4. The topological polar surface area (TPSA) is 79.8 Å². The van der Waals surface area contributed by atoms with E-state index in [0.29, 0.717) is 28.3 Å². The molecule has 3 aromatic rings. The number of halogens is 1. The highest BCUT2D eigenvalue weighted by molar-refractivity contribution is 6.32. The summed E-state index contributed by atoms with van der Waals surface area (Å²) in [6.45, 7) is 10.2. The summed E-state index contributed by atoms with van der Waals surface area (Å²) in [7, 11) is 0. The first-order valence-corrected chi connectivity index (χ1v) is 13.9. The number of carbonyl (C=O) groups excluding carboxylic acids is 1. The molecule has 0 aliphatic carbocycles. The van der Waals surface area contributed by atoms with Crippen LogP contribution in [0.1, 0.15) is 45.2 Å². The van der Waals surface area contributed by atoms with E-state index in [4.69, 9.17) is 31.0 Å². The van der Waals surface area contributed by atoms with Gasteiger partial charge in [0.2, 0.25) is 5.95 Å². The van der Waals surface area contributed by atoms with E-state index >= 15 is 0 Å². The maximum absolute atomic E-state index is 12.6. The number of benzene rings is 2. The Labute approximate surface area is 229 Å². The third-order valence-corrected chi connectivity index (χ3v) is 7.49. The van der Waals surface area contributed by atoms with Crippen LogP contribution in [0, 0.1) is 6.92 Å². The van der Waals surface area contributed by atoms with Gasteiger partial charge < -0.3 is 24.6 Å². The molecule has 1 N–H and O–H groups in total. The van der Waals surface area contributed by atoms with Crippen LogP contribution in [0.5, 0.6) is 11.5 Å². The van der Waals surface area contributed by atoms with Crippen molar-refractivity contribution in [1.82, 2.24) is 14.9 Å². The van der Waals surface area contributed by atoms with Crippen molar-refractivity contribution in [2.45, 2.75) is 58.6 Å². The standard InChI is InChI=1S/C29H36ClN5O3/c1-19(2)38-23-7-9-27(25(30)17-23)37-18-28(36)32-21-6-8-26-24(16-21)20(3)31-29(33-26)35-14-10-22(11-15-35)34-12-4-5-13-34/h6-9,16-17,19,22H,4-5,10-15,18H2,1-3H3,(H,32,36). The molecule has 0 unspecified atom stereocenters. The fraction of sp³-hybridized carbons (Fsp3) is 0.483. The lowest BCUT2D eigenvalue weighted by molar-refractivity contribution is -0.118. The van der Waals surface area contributed by atoms with Gasteiger partial charge in [-0.15, -0.1) is 0 Å². The number of hydrogen-bond acceptors (Lipinski definition) is 7. The summed E-state index contributed by atoms with van der Waals surface area (Å²) in [6.07, 6.45) is 5.03. The van der Waals surface area contributed by atoms with Crippen LogP contribution in [-0.4, -0.2) is 65.7 Å². The quantitative estimate of drug-likeness (QED) is 0.408. The molecule has 3 heterocycles. The molecule has 0 atom stereocenters. The first-order valence-electron chi connectivity index (χ1n) is 13.5. The van der Waals surface area contributed by atoms with Crippen LogP contribution < -0.4 is 19.7 Å². The summed E-state index contributed by atoms with van der Waals surface area (Å²) >= 11 is 6.29. The molecule has 5 rings (SSSR count). The number of aromatic nitrogens is 2. The van der Waals surface area contributed by atoms with Crippen molar-refractivity contribution >= 4 is 40.0 Å². The summed E-state index contributed by atoms with van der Waals surface area (Å²) in [6, 6.07) is 11.6. The predicted octanol–water partition coefficient (Wildman–Crippen LogP) is 5.46. The molecule has 0 radical (unpaired) electrons. The van der Waals surface area contributed by atoms with Gasteiger partial charge in [0.1, 0.15) is 11.5 Å². The molecule has 2 saturated heterocycles. The lowest BCUT2D eigenvalue weighted by atomic mass is 10.0. The zero-order chi connectivity index (χ0) is 26.6. The second-order valence-corrected chi connectivity index (χ2v) is 10.8. The highest BCUT2D eigenvalue weighted by Gasteiger charge is 2.27. The number of nitrogens with one attached hydrogen (secondary N) is 1. The van der Waals surface area contributed by atoms with E-state index in [9.17, 15) is 4.79 Å². The molecular formula is C29H36ClN5O3. The van der Waals surface area contributed by atoms with Gasteiger partial charge >= 0.3 is 0 Å². The minimum atomic E-state index is -0.279. The van der Waals surface area contributed by atoms with Gasteiger partial charge in [0, 0.05) is 36.3 Å². The van der Waals surface area contributed by atoms with Crippen molar-refractivity contribution in [3.05, 3.63) is 47.1 Å². The van der Waals surface area contributed by atoms with Crippen molar-refractivity contribution < 1.29 is 14.3 Å². The first kappa shape index (κ1) is 26.5. The zero-order valence-corrected chi connectivity index (χ0v) is 23.1. The molecule has 1 amide bonds. The summed E-state index contributed by atoms with van der Waals surface area (Å²) in [4.78, 5) is 27.2. The van der Waals surface area contributed by atoms with Gasteiger partial charge in [0.05, 0.1) is 22.3 Å². The number of anilines is 2. The zero-order valence-electron chi connectivity index (χ0n) is 22.4.